The van der Waals surface area contributed by atoms with Gasteiger partial charge < -0.3 is 0 Å². The number of piperidine rings is 1. The van der Waals surface area contributed by atoms with Crippen molar-refractivity contribution < 1.29 is 18.1 Å². The van der Waals surface area contributed by atoms with Crippen molar-refractivity contribution in [1.29, 1.82) is 0 Å². The number of sulfonamides is 1. The minimum Gasteiger partial charge on any atom is -0.294 e. The van der Waals surface area contributed by atoms with Crippen molar-refractivity contribution in [3.8, 4) is 0 Å². The summed E-state index contributed by atoms with van der Waals surface area (Å²) in [6.45, 7) is 2.38. The van der Waals surface area contributed by atoms with E-state index in [0.717, 1.165) is 11.6 Å². The first-order chi connectivity index (χ1) is 12.8. The molecule has 0 aliphatic carbocycles. The van der Waals surface area contributed by atoms with E-state index in [0.29, 0.717) is 18.4 Å². The third-order valence-electron chi connectivity index (χ3n) is 4.83. The fourth-order valence-electron chi connectivity index (χ4n) is 3.22. The van der Waals surface area contributed by atoms with Crippen LogP contribution < -0.4 is 0 Å². The zero-order chi connectivity index (χ0) is 19.6. The summed E-state index contributed by atoms with van der Waals surface area (Å²) in [4.78, 5) is 22.8. The summed E-state index contributed by atoms with van der Waals surface area (Å²) < 4.78 is 26.8. The maximum absolute atomic E-state index is 12.8. The second-order valence-corrected chi connectivity index (χ2v) is 8.60. The van der Waals surface area contributed by atoms with Gasteiger partial charge in [0, 0.05) is 36.7 Å². The van der Waals surface area contributed by atoms with Gasteiger partial charge in [0.2, 0.25) is 10.0 Å². The van der Waals surface area contributed by atoms with Crippen molar-refractivity contribution >= 4 is 21.5 Å². The Morgan fingerprint density at radius 2 is 1.74 bits per heavy atom. The normalized spacial score (nSPS) is 16.2. The molecule has 27 heavy (non-hydrogen) atoms. The van der Waals surface area contributed by atoms with Crippen molar-refractivity contribution in [2.24, 2.45) is 5.92 Å². The number of nitro groups is 1. The molecule has 1 heterocycles. The fraction of sp³-hybridized carbons (Fsp3) is 0.316. The molecule has 0 spiro atoms. The van der Waals surface area contributed by atoms with E-state index in [1.807, 2.05) is 19.1 Å². The summed E-state index contributed by atoms with van der Waals surface area (Å²) in [7, 11) is -3.82. The average molecular weight is 388 g/mol. The van der Waals surface area contributed by atoms with Gasteiger partial charge in [-0.2, -0.15) is 4.31 Å². The lowest BCUT2D eigenvalue weighted by atomic mass is 9.89. The minimum absolute atomic E-state index is 0.0300. The van der Waals surface area contributed by atoms with Crippen molar-refractivity contribution in [3.05, 3.63) is 69.8 Å². The summed E-state index contributed by atoms with van der Waals surface area (Å²) in [5.41, 5.74) is 1.45. The molecule has 2 aromatic rings. The Bertz CT molecular complexity index is 962. The van der Waals surface area contributed by atoms with Crippen molar-refractivity contribution in [1.82, 2.24) is 4.31 Å². The number of hydrogen-bond acceptors (Lipinski definition) is 5. The molecule has 0 radical (unpaired) electrons. The average Bonchev–Trinajstić information content (AvgIpc) is 2.68. The van der Waals surface area contributed by atoms with Gasteiger partial charge in [-0.25, -0.2) is 8.42 Å². The Balaban J connectivity index is 1.71. The highest BCUT2D eigenvalue weighted by Crippen LogP contribution is 2.27. The van der Waals surface area contributed by atoms with E-state index in [1.54, 1.807) is 12.1 Å². The number of hydrogen-bond donors (Lipinski definition) is 0. The Labute approximate surface area is 157 Å². The van der Waals surface area contributed by atoms with Crippen molar-refractivity contribution in [2.75, 3.05) is 13.1 Å². The maximum atomic E-state index is 12.8. The molecule has 0 unspecified atom stereocenters. The molecule has 3 rings (SSSR count). The number of aryl methyl sites for hydroxylation is 1. The van der Waals surface area contributed by atoms with Gasteiger partial charge in [-0.3, -0.25) is 14.9 Å². The first kappa shape index (κ1) is 19.2. The SMILES string of the molecule is Cc1ccc(C(=O)C2CCN(S(=O)(=O)c3cccc([N+](=O)[O-])c3)CC2)cc1. The third-order valence-corrected chi connectivity index (χ3v) is 6.72. The number of rotatable bonds is 5. The van der Waals surface area contributed by atoms with Crippen LogP contribution in [0.25, 0.3) is 0 Å². The van der Waals surface area contributed by atoms with Crippen LogP contribution in [0, 0.1) is 23.0 Å². The van der Waals surface area contributed by atoms with Gasteiger partial charge in [-0.05, 0) is 25.8 Å². The smallest absolute Gasteiger partial charge is 0.270 e. The standard InChI is InChI=1S/C19H20N2O5S/c1-14-5-7-15(8-6-14)19(22)16-9-11-20(12-10-16)27(25,26)18-4-2-3-17(13-18)21(23)24/h2-8,13,16H,9-12H2,1H3. The van der Waals surface area contributed by atoms with E-state index in [1.165, 1.54) is 22.5 Å². The number of nitrogens with zero attached hydrogens (tertiary/aromatic N) is 2. The molecule has 0 amide bonds. The fourth-order valence-corrected chi connectivity index (χ4v) is 4.73. The summed E-state index contributed by atoms with van der Waals surface area (Å²) in [6.07, 6.45) is 0.863. The van der Waals surface area contributed by atoms with Crippen LogP contribution in [0.15, 0.2) is 53.4 Å². The molecule has 0 bridgehead atoms. The lowest BCUT2D eigenvalue weighted by Crippen LogP contribution is -2.40. The molecular formula is C19H20N2O5S. The monoisotopic (exact) mass is 388 g/mol. The number of Topliss-reactive ketones (excluding diaryl/α,β-unsaturated/α-hetero) is 1. The van der Waals surface area contributed by atoms with E-state index < -0.39 is 14.9 Å². The molecule has 1 aliphatic heterocycles. The van der Waals surface area contributed by atoms with Crippen LogP contribution in [-0.4, -0.2) is 36.5 Å². The molecular weight excluding hydrogens is 368 g/mol. The molecule has 0 N–H and O–H groups in total. The third kappa shape index (κ3) is 4.06. The molecule has 7 nitrogen and oxygen atoms in total. The van der Waals surface area contributed by atoms with Crippen LogP contribution >= 0.6 is 0 Å². The Hall–Kier alpha value is -2.58. The molecule has 2 aromatic carbocycles. The first-order valence-electron chi connectivity index (χ1n) is 8.64. The first-order valence-corrected chi connectivity index (χ1v) is 10.1. The quantitative estimate of drug-likeness (QED) is 0.445. The number of ketones is 1. The second-order valence-electron chi connectivity index (χ2n) is 6.66. The highest BCUT2D eigenvalue weighted by atomic mass is 32.2. The van der Waals surface area contributed by atoms with E-state index in [2.05, 4.69) is 0 Å². The van der Waals surface area contributed by atoms with Gasteiger partial charge in [0.1, 0.15) is 0 Å². The zero-order valence-electron chi connectivity index (χ0n) is 14.9. The molecule has 1 saturated heterocycles. The highest BCUT2D eigenvalue weighted by Gasteiger charge is 2.33. The molecule has 142 valence electrons. The number of nitro benzene ring substituents is 1. The summed E-state index contributed by atoms with van der Waals surface area (Å²) in [6, 6.07) is 12.4. The maximum Gasteiger partial charge on any atom is 0.270 e. The van der Waals surface area contributed by atoms with Gasteiger partial charge in [-0.15, -0.1) is 0 Å². The van der Waals surface area contributed by atoms with Crippen LogP contribution in [0.2, 0.25) is 0 Å². The van der Waals surface area contributed by atoms with E-state index in [-0.39, 0.29) is 35.4 Å². The summed E-state index contributed by atoms with van der Waals surface area (Å²) in [5.74, 6) is -0.188. The van der Waals surface area contributed by atoms with Gasteiger partial charge in [-0.1, -0.05) is 35.9 Å². The lowest BCUT2D eigenvalue weighted by molar-refractivity contribution is -0.385. The van der Waals surface area contributed by atoms with E-state index in [9.17, 15) is 23.3 Å². The number of carbonyl (C=O) groups excluding carboxylic acids is 1. The Kier molecular flexibility index (Phi) is 5.38. The number of non-ortho nitro benzene ring substituents is 1. The second kappa shape index (κ2) is 7.58. The van der Waals surface area contributed by atoms with Crippen LogP contribution in [-0.2, 0) is 10.0 Å². The van der Waals surface area contributed by atoms with Crippen molar-refractivity contribution in [3.63, 3.8) is 0 Å². The van der Waals surface area contributed by atoms with Gasteiger partial charge in [0.15, 0.2) is 5.78 Å². The van der Waals surface area contributed by atoms with E-state index in [4.69, 9.17) is 0 Å². The number of benzene rings is 2. The van der Waals surface area contributed by atoms with Gasteiger partial charge in [0.05, 0.1) is 9.82 Å². The molecule has 0 aromatic heterocycles. The molecule has 8 heteroatoms. The largest absolute Gasteiger partial charge is 0.294 e. The predicted molar refractivity (Wildman–Crippen MR) is 100 cm³/mol. The van der Waals surface area contributed by atoms with Crippen LogP contribution in [0.1, 0.15) is 28.8 Å². The Morgan fingerprint density at radius 3 is 2.33 bits per heavy atom. The van der Waals surface area contributed by atoms with Crippen molar-refractivity contribution in [2.45, 2.75) is 24.7 Å². The predicted octanol–water partition coefficient (Wildman–Crippen LogP) is 3.19. The van der Waals surface area contributed by atoms with Gasteiger partial charge >= 0.3 is 0 Å². The molecule has 1 fully saturated rings. The molecule has 1 aliphatic rings. The summed E-state index contributed by atoms with van der Waals surface area (Å²) >= 11 is 0. The van der Waals surface area contributed by atoms with Crippen LogP contribution in [0.4, 0.5) is 5.69 Å². The lowest BCUT2D eigenvalue weighted by Gasteiger charge is -2.30. The highest BCUT2D eigenvalue weighted by molar-refractivity contribution is 7.89. The molecule has 0 saturated carbocycles. The van der Waals surface area contributed by atoms with Crippen LogP contribution in [0.3, 0.4) is 0 Å². The van der Waals surface area contributed by atoms with E-state index >= 15 is 0 Å². The Morgan fingerprint density at radius 1 is 1.11 bits per heavy atom. The number of carbonyl (C=O) groups is 1. The molecule has 0 atom stereocenters. The topological polar surface area (TPSA) is 97.6 Å². The minimum atomic E-state index is -3.82. The zero-order valence-corrected chi connectivity index (χ0v) is 15.7. The van der Waals surface area contributed by atoms with Gasteiger partial charge in [0.25, 0.3) is 5.69 Å². The van der Waals surface area contributed by atoms with Crippen LogP contribution in [0.5, 0.6) is 0 Å². The summed E-state index contributed by atoms with van der Waals surface area (Å²) in [5, 5.41) is 10.9.